The average Bonchev–Trinajstić information content (AvgIpc) is 3.03. The van der Waals surface area contributed by atoms with Gasteiger partial charge in [0, 0.05) is 10.9 Å². The number of carbonyl (C=O) groups is 1. The zero-order valence-corrected chi connectivity index (χ0v) is 10.6. The molecule has 1 aliphatic rings. The lowest BCUT2D eigenvalue weighted by Crippen LogP contribution is -2.26. The predicted octanol–water partition coefficient (Wildman–Crippen LogP) is 2.67. The van der Waals surface area contributed by atoms with Crippen molar-refractivity contribution < 1.29 is 4.79 Å². The molecule has 16 heavy (non-hydrogen) atoms. The Morgan fingerprint density at radius 2 is 2.19 bits per heavy atom. The summed E-state index contributed by atoms with van der Waals surface area (Å²) in [6.45, 7) is 4.16. The summed E-state index contributed by atoms with van der Waals surface area (Å²) in [5, 5.41) is 3.00. The number of hydrogen-bond acceptors (Lipinski definition) is 2. The summed E-state index contributed by atoms with van der Waals surface area (Å²) < 4.78 is 0. The fraction of sp³-hybridized carbons (Fsp3) is 0.462. The maximum Gasteiger partial charge on any atom is 0.230 e. The predicted molar refractivity (Wildman–Crippen MR) is 67.8 cm³/mol. The van der Waals surface area contributed by atoms with Crippen LogP contribution < -0.4 is 5.32 Å². The molecule has 1 N–H and O–H groups in total. The largest absolute Gasteiger partial charge is 0.353 e. The highest BCUT2D eigenvalue weighted by molar-refractivity contribution is 8.00. The minimum atomic E-state index is 0.161. The molecule has 1 saturated carbocycles. The first-order valence-corrected chi connectivity index (χ1v) is 6.63. The van der Waals surface area contributed by atoms with E-state index in [9.17, 15) is 4.79 Å². The van der Waals surface area contributed by atoms with Crippen LogP contribution in [-0.2, 0) is 4.79 Å². The van der Waals surface area contributed by atoms with E-state index in [0.29, 0.717) is 11.8 Å². The number of thioether (sulfide) groups is 1. The second-order valence-electron chi connectivity index (χ2n) is 4.40. The van der Waals surface area contributed by atoms with Gasteiger partial charge < -0.3 is 5.32 Å². The van der Waals surface area contributed by atoms with Crippen molar-refractivity contribution in [2.45, 2.75) is 37.6 Å². The van der Waals surface area contributed by atoms with Gasteiger partial charge in [-0.15, -0.1) is 11.8 Å². The third kappa shape index (κ3) is 3.27. The normalized spacial score (nSPS) is 14.9. The Bertz CT molecular complexity index is 399. The second kappa shape index (κ2) is 4.91. The number of amides is 1. The Morgan fingerprint density at radius 3 is 2.88 bits per heavy atom. The summed E-state index contributed by atoms with van der Waals surface area (Å²) in [6.07, 6.45) is 2.31. The number of carbonyl (C=O) groups excluding carboxylic acids is 1. The number of nitrogens with one attached hydrogen (secondary N) is 1. The number of benzene rings is 1. The summed E-state index contributed by atoms with van der Waals surface area (Å²) in [7, 11) is 0. The maximum atomic E-state index is 11.5. The molecule has 1 amide bonds. The van der Waals surface area contributed by atoms with Crippen molar-refractivity contribution in [1.29, 1.82) is 0 Å². The molecule has 0 heterocycles. The van der Waals surface area contributed by atoms with E-state index in [-0.39, 0.29) is 5.91 Å². The third-order valence-electron chi connectivity index (χ3n) is 2.64. The van der Waals surface area contributed by atoms with E-state index in [1.54, 1.807) is 11.8 Å². The Hall–Kier alpha value is -0.960. The van der Waals surface area contributed by atoms with Crippen LogP contribution in [0, 0.1) is 13.8 Å². The van der Waals surface area contributed by atoms with Crippen LogP contribution >= 0.6 is 11.8 Å². The Morgan fingerprint density at radius 1 is 1.44 bits per heavy atom. The van der Waals surface area contributed by atoms with Crippen LogP contribution in [0.3, 0.4) is 0 Å². The Kier molecular flexibility index (Phi) is 3.54. The van der Waals surface area contributed by atoms with Gasteiger partial charge in [-0.2, -0.15) is 0 Å². The summed E-state index contributed by atoms with van der Waals surface area (Å²) >= 11 is 1.63. The molecule has 1 fully saturated rings. The molecule has 0 aliphatic heterocycles. The van der Waals surface area contributed by atoms with Gasteiger partial charge in [0.1, 0.15) is 0 Å². The van der Waals surface area contributed by atoms with Gasteiger partial charge in [0.2, 0.25) is 5.91 Å². The van der Waals surface area contributed by atoms with E-state index < -0.39 is 0 Å². The minimum Gasteiger partial charge on any atom is -0.353 e. The van der Waals surface area contributed by atoms with Crippen molar-refractivity contribution in [3.8, 4) is 0 Å². The number of aryl methyl sites for hydroxylation is 2. The molecule has 2 nitrogen and oxygen atoms in total. The van der Waals surface area contributed by atoms with Crippen molar-refractivity contribution in [2.75, 3.05) is 5.75 Å². The summed E-state index contributed by atoms with van der Waals surface area (Å²) in [6, 6.07) is 6.82. The van der Waals surface area contributed by atoms with Gasteiger partial charge >= 0.3 is 0 Å². The highest BCUT2D eigenvalue weighted by Crippen LogP contribution is 2.24. The topological polar surface area (TPSA) is 29.1 Å². The summed E-state index contributed by atoms with van der Waals surface area (Å²) in [5.41, 5.74) is 2.49. The summed E-state index contributed by atoms with van der Waals surface area (Å²) in [4.78, 5) is 12.7. The van der Waals surface area contributed by atoms with Gasteiger partial charge in [-0.05, 0) is 38.3 Å². The Labute approximate surface area is 101 Å². The molecular weight excluding hydrogens is 218 g/mol. The fourth-order valence-corrected chi connectivity index (χ4v) is 2.44. The molecule has 1 aromatic rings. The molecule has 0 aromatic heterocycles. The molecule has 0 saturated heterocycles. The van der Waals surface area contributed by atoms with Gasteiger partial charge in [-0.1, -0.05) is 17.7 Å². The molecule has 0 radical (unpaired) electrons. The average molecular weight is 235 g/mol. The monoisotopic (exact) mass is 235 g/mol. The number of rotatable bonds is 4. The van der Waals surface area contributed by atoms with E-state index in [1.165, 1.54) is 16.0 Å². The van der Waals surface area contributed by atoms with Crippen molar-refractivity contribution in [3.05, 3.63) is 29.3 Å². The van der Waals surface area contributed by atoms with Crippen LogP contribution in [0.15, 0.2) is 23.1 Å². The van der Waals surface area contributed by atoms with E-state index in [0.717, 1.165) is 12.8 Å². The van der Waals surface area contributed by atoms with Crippen molar-refractivity contribution >= 4 is 17.7 Å². The lowest BCUT2D eigenvalue weighted by molar-refractivity contribution is -0.118. The van der Waals surface area contributed by atoms with Crippen LogP contribution in [0.5, 0.6) is 0 Å². The molecule has 86 valence electrons. The van der Waals surface area contributed by atoms with E-state index >= 15 is 0 Å². The summed E-state index contributed by atoms with van der Waals surface area (Å²) in [5.74, 6) is 0.689. The maximum absolute atomic E-state index is 11.5. The quantitative estimate of drug-likeness (QED) is 0.813. The molecule has 3 heteroatoms. The smallest absolute Gasteiger partial charge is 0.230 e. The molecule has 1 aliphatic carbocycles. The zero-order valence-electron chi connectivity index (χ0n) is 9.75. The van der Waals surface area contributed by atoms with Crippen molar-refractivity contribution in [2.24, 2.45) is 0 Å². The van der Waals surface area contributed by atoms with Crippen LogP contribution in [-0.4, -0.2) is 17.7 Å². The highest BCUT2D eigenvalue weighted by Gasteiger charge is 2.22. The standard InChI is InChI=1S/C13H17NOS/c1-9-3-4-10(2)12(7-9)16-8-13(15)14-11-5-6-11/h3-4,7,11H,5-6,8H2,1-2H3,(H,14,15). The van der Waals surface area contributed by atoms with Gasteiger partial charge in [-0.25, -0.2) is 0 Å². The van der Waals surface area contributed by atoms with Crippen LogP contribution in [0.25, 0.3) is 0 Å². The van der Waals surface area contributed by atoms with Gasteiger partial charge in [0.15, 0.2) is 0 Å². The van der Waals surface area contributed by atoms with E-state index in [4.69, 9.17) is 0 Å². The number of hydrogen-bond donors (Lipinski definition) is 1. The molecule has 0 unspecified atom stereocenters. The van der Waals surface area contributed by atoms with Crippen LogP contribution in [0.4, 0.5) is 0 Å². The van der Waals surface area contributed by atoms with Crippen molar-refractivity contribution in [3.63, 3.8) is 0 Å². The molecule has 0 bridgehead atoms. The second-order valence-corrected chi connectivity index (χ2v) is 5.42. The lowest BCUT2D eigenvalue weighted by Gasteiger charge is -2.07. The van der Waals surface area contributed by atoms with Gasteiger partial charge in [0.25, 0.3) is 0 Å². The van der Waals surface area contributed by atoms with Crippen molar-refractivity contribution in [1.82, 2.24) is 5.32 Å². The molecule has 2 rings (SSSR count). The molecular formula is C13H17NOS. The van der Waals surface area contributed by atoms with Gasteiger partial charge in [0.05, 0.1) is 5.75 Å². The van der Waals surface area contributed by atoms with Crippen LogP contribution in [0.1, 0.15) is 24.0 Å². The lowest BCUT2D eigenvalue weighted by atomic mass is 10.2. The zero-order chi connectivity index (χ0) is 11.5. The van der Waals surface area contributed by atoms with E-state index in [2.05, 4.69) is 37.4 Å². The third-order valence-corrected chi connectivity index (χ3v) is 3.80. The SMILES string of the molecule is Cc1ccc(C)c(SCC(=O)NC2CC2)c1. The van der Waals surface area contributed by atoms with E-state index in [1.807, 2.05) is 0 Å². The van der Waals surface area contributed by atoms with Crippen LogP contribution in [0.2, 0.25) is 0 Å². The first-order valence-electron chi connectivity index (χ1n) is 5.64. The molecule has 1 aromatic carbocycles. The fourth-order valence-electron chi connectivity index (χ4n) is 1.50. The van der Waals surface area contributed by atoms with Gasteiger partial charge in [-0.3, -0.25) is 4.79 Å². The molecule has 0 atom stereocenters. The Balaban J connectivity index is 1.87. The minimum absolute atomic E-state index is 0.161. The first kappa shape index (κ1) is 11.5. The highest BCUT2D eigenvalue weighted by atomic mass is 32.2. The molecule has 0 spiro atoms. The first-order chi connectivity index (χ1) is 7.65.